The van der Waals surface area contributed by atoms with Gasteiger partial charge in [0.15, 0.2) is 11.5 Å². The zero-order chi connectivity index (χ0) is 17.1. The van der Waals surface area contributed by atoms with Crippen LogP contribution in [0.3, 0.4) is 0 Å². The lowest BCUT2D eigenvalue weighted by Crippen LogP contribution is -2.34. The summed E-state index contributed by atoms with van der Waals surface area (Å²) < 4.78 is 0. The summed E-state index contributed by atoms with van der Waals surface area (Å²) in [4.78, 5) is 26.7. The van der Waals surface area contributed by atoms with Crippen LogP contribution in [0.2, 0.25) is 0 Å². The van der Waals surface area contributed by atoms with Crippen molar-refractivity contribution in [3.8, 4) is 0 Å². The Hall–Kier alpha value is -2.10. The zero-order valence-electron chi connectivity index (χ0n) is 14.2. The molecule has 0 radical (unpaired) electrons. The Labute approximate surface area is 137 Å². The molecule has 1 aromatic carbocycles. The van der Waals surface area contributed by atoms with Gasteiger partial charge < -0.3 is 10.0 Å². The maximum Gasteiger partial charge on any atom is 0.290 e. The van der Waals surface area contributed by atoms with E-state index in [2.05, 4.69) is 0 Å². The molecule has 4 nitrogen and oxygen atoms in total. The number of nitrogens with zero attached hydrogens (tertiary/aromatic N) is 1. The highest BCUT2D eigenvalue weighted by Gasteiger charge is 2.43. The van der Waals surface area contributed by atoms with Crippen molar-refractivity contribution in [1.82, 2.24) is 4.90 Å². The van der Waals surface area contributed by atoms with Crippen molar-refractivity contribution in [2.45, 2.75) is 40.2 Å². The molecule has 0 aliphatic carbocycles. The molecule has 0 bridgehead atoms. The third kappa shape index (κ3) is 3.63. The number of ketones is 1. The third-order valence-electron chi connectivity index (χ3n) is 3.87. The van der Waals surface area contributed by atoms with E-state index in [1.165, 1.54) is 0 Å². The van der Waals surface area contributed by atoms with Gasteiger partial charge in [0.1, 0.15) is 0 Å². The topological polar surface area (TPSA) is 57.6 Å². The van der Waals surface area contributed by atoms with Crippen LogP contribution in [0.15, 0.2) is 41.7 Å². The minimum absolute atomic E-state index is 0.147. The fourth-order valence-electron chi connectivity index (χ4n) is 2.98. The predicted octanol–water partition coefficient (Wildman–Crippen LogP) is 3.65. The quantitative estimate of drug-likeness (QED) is 0.871. The largest absolute Gasteiger partial charge is 0.503 e. The van der Waals surface area contributed by atoms with Crippen molar-refractivity contribution in [3.63, 3.8) is 0 Å². The molecule has 0 spiro atoms. The lowest BCUT2D eigenvalue weighted by molar-refractivity contribution is -0.129. The first-order valence-electron chi connectivity index (χ1n) is 8.15. The molecule has 1 unspecified atom stereocenters. The molecule has 0 fully saturated rings. The summed E-state index contributed by atoms with van der Waals surface area (Å²) in [6.45, 7) is 8.44. The van der Waals surface area contributed by atoms with E-state index in [9.17, 15) is 14.7 Å². The van der Waals surface area contributed by atoms with Crippen LogP contribution in [-0.4, -0.2) is 28.2 Å². The van der Waals surface area contributed by atoms with E-state index < -0.39 is 11.9 Å². The number of benzene rings is 1. The van der Waals surface area contributed by atoms with Crippen molar-refractivity contribution < 1.29 is 14.7 Å². The highest BCUT2D eigenvalue weighted by molar-refractivity contribution is 6.09. The van der Waals surface area contributed by atoms with Crippen LogP contribution < -0.4 is 0 Å². The van der Waals surface area contributed by atoms with Crippen LogP contribution >= 0.6 is 0 Å². The molecule has 23 heavy (non-hydrogen) atoms. The number of hydrogen-bond donors (Lipinski definition) is 1. The Morgan fingerprint density at radius 1 is 1.13 bits per heavy atom. The Balaban J connectivity index is 2.47. The molecule has 0 aromatic heterocycles. The van der Waals surface area contributed by atoms with Gasteiger partial charge in [-0.15, -0.1) is 0 Å². The number of aliphatic hydroxyl groups is 1. The van der Waals surface area contributed by atoms with Gasteiger partial charge in [0, 0.05) is 13.0 Å². The first-order chi connectivity index (χ1) is 10.8. The Morgan fingerprint density at radius 3 is 2.26 bits per heavy atom. The smallest absolute Gasteiger partial charge is 0.290 e. The van der Waals surface area contributed by atoms with Gasteiger partial charge in [-0.1, -0.05) is 58.0 Å². The highest BCUT2D eigenvalue weighted by atomic mass is 16.3. The summed E-state index contributed by atoms with van der Waals surface area (Å²) in [5.74, 6) is -0.554. The number of aliphatic hydroxyl groups excluding tert-OH is 1. The van der Waals surface area contributed by atoms with E-state index in [0.717, 1.165) is 5.56 Å². The fraction of sp³-hybridized carbons (Fsp3) is 0.474. The van der Waals surface area contributed by atoms with Gasteiger partial charge in [0.2, 0.25) is 0 Å². The van der Waals surface area contributed by atoms with Gasteiger partial charge in [-0.25, -0.2) is 0 Å². The lowest BCUT2D eigenvalue weighted by Gasteiger charge is -2.28. The molecule has 1 heterocycles. The summed E-state index contributed by atoms with van der Waals surface area (Å²) in [5.41, 5.74) is 1.10. The molecule has 1 amide bonds. The van der Waals surface area contributed by atoms with Gasteiger partial charge in [-0.2, -0.15) is 0 Å². The monoisotopic (exact) mass is 315 g/mol. The molecule has 0 saturated carbocycles. The van der Waals surface area contributed by atoms with Gasteiger partial charge in [0.05, 0.1) is 11.6 Å². The van der Waals surface area contributed by atoms with Crippen molar-refractivity contribution in [2.24, 2.45) is 11.8 Å². The molecule has 1 aromatic rings. The molecule has 1 aliphatic rings. The second-order valence-corrected chi connectivity index (χ2v) is 6.95. The van der Waals surface area contributed by atoms with E-state index >= 15 is 0 Å². The van der Waals surface area contributed by atoms with Crippen LogP contribution in [0.4, 0.5) is 0 Å². The number of carbonyl (C=O) groups excluding carboxylic acids is 2. The Bertz CT molecular complexity index is 617. The fourth-order valence-corrected chi connectivity index (χ4v) is 2.98. The standard InChI is InChI=1S/C19H25NO3/c1-12(2)10-15(21)16-17(14-8-6-5-7-9-14)20(11-13(3)4)19(23)18(16)22/h5-9,12-13,17,22H,10-11H2,1-4H3. The SMILES string of the molecule is CC(C)CC(=O)C1=C(O)C(=O)N(CC(C)C)C1c1ccccc1. The number of hydrogen-bond acceptors (Lipinski definition) is 3. The Kier molecular flexibility index (Phi) is 5.24. The summed E-state index contributed by atoms with van der Waals surface area (Å²) >= 11 is 0. The van der Waals surface area contributed by atoms with Crippen molar-refractivity contribution >= 4 is 11.7 Å². The average Bonchev–Trinajstić information content (AvgIpc) is 2.72. The minimum atomic E-state index is -0.489. The molecular formula is C19H25NO3. The van der Waals surface area contributed by atoms with Crippen LogP contribution in [0, 0.1) is 11.8 Å². The zero-order valence-corrected chi connectivity index (χ0v) is 14.2. The number of carbonyl (C=O) groups is 2. The molecule has 2 rings (SSSR count). The summed E-state index contributed by atoms with van der Waals surface area (Å²) in [5, 5.41) is 10.3. The maximum absolute atomic E-state index is 12.6. The van der Waals surface area contributed by atoms with Crippen molar-refractivity contribution in [1.29, 1.82) is 0 Å². The number of Topliss-reactive ketones (excluding diaryl/α,β-unsaturated/α-hetero) is 1. The summed E-state index contributed by atoms with van der Waals surface area (Å²) in [6.07, 6.45) is 0.325. The molecule has 4 heteroatoms. The summed E-state index contributed by atoms with van der Waals surface area (Å²) in [7, 11) is 0. The second kappa shape index (κ2) is 6.99. The van der Waals surface area contributed by atoms with E-state index in [-0.39, 0.29) is 29.0 Å². The van der Waals surface area contributed by atoms with E-state index in [1.54, 1.807) is 4.90 Å². The van der Waals surface area contributed by atoms with Crippen molar-refractivity contribution in [3.05, 3.63) is 47.2 Å². The van der Waals surface area contributed by atoms with E-state index in [4.69, 9.17) is 0 Å². The van der Waals surface area contributed by atoms with Crippen LogP contribution in [0.25, 0.3) is 0 Å². The van der Waals surface area contributed by atoms with Gasteiger partial charge in [-0.3, -0.25) is 9.59 Å². The van der Waals surface area contributed by atoms with Crippen molar-refractivity contribution in [2.75, 3.05) is 6.54 Å². The van der Waals surface area contributed by atoms with Gasteiger partial charge in [-0.05, 0) is 17.4 Å². The molecule has 1 N–H and O–H groups in total. The molecule has 1 atom stereocenters. The van der Waals surface area contributed by atoms with Crippen LogP contribution in [-0.2, 0) is 9.59 Å². The first kappa shape index (κ1) is 17.3. The van der Waals surface area contributed by atoms with Gasteiger partial charge >= 0.3 is 0 Å². The maximum atomic E-state index is 12.6. The van der Waals surface area contributed by atoms with Crippen LogP contribution in [0.5, 0.6) is 0 Å². The number of rotatable bonds is 6. The second-order valence-electron chi connectivity index (χ2n) is 6.95. The molecule has 1 aliphatic heterocycles. The number of amides is 1. The first-order valence-corrected chi connectivity index (χ1v) is 8.15. The molecule has 124 valence electrons. The summed E-state index contributed by atoms with van der Waals surface area (Å²) in [6, 6.07) is 8.96. The highest BCUT2D eigenvalue weighted by Crippen LogP contribution is 2.38. The molecule has 0 saturated heterocycles. The lowest BCUT2D eigenvalue weighted by atomic mass is 9.92. The predicted molar refractivity (Wildman–Crippen MR) is 89.9 cm³/mol. The van der Waals surface area contributed by atoms with E-state index in [0.29, 0.717) is 13.0 Å². The normalized spacial score (nSPS) is 18.4. The van der Waals surface area contributed by atoms with Gasteiger partial charge in [0.25, 0.3) is 5.91 Å². The third-order valence-corrected chi connectivity index (χ3v) is 3.87. The Morgan fingerprint density at radius 2 is 1.74 bits per heavy atom. The van der Waals surface area contributed by atoms with Crippen LogP contribution in [0.1, 0.15) is 45.7 Å². The molecular weight excluding hydrogens is 290 g/mol. The van der Waals surface area contributed by atoms with E-state index in [1.807, 2.05) is 58.0 Å². The average molecular weight is 315 g/mol. The minimum Gasteiger partial charge on any atom is -0.503 e.